The number of aliphatic hydroxyl groups excluding tert-OH is 1. The van der Waals surface area contributed by atoms with Gasteiger partial charge in [0.2, 0.25) is 0 Å². The molecule has 6 heteroatoms. The van der Waals surface area contributed by atoms with E-state index in [1.165, 1.54) is 19.1 Å². The van der Waals surface area contributed by atoms with Crippen LogP contribution in [-0.4, -0.2) is 24.3 Å². The lowest BCUT2D eigenvalue weighted by Crippen LogP contribution is -2.15. The van der Waals surface area contributed by atoms with Gasteiger partial charge in [0.15, 0.2) is 0 Å². The lowest BCUT2D eigenvalue weighted by Gasteiger charge is -2.17. The van der Waals surface area contributed by atoms with Gasteiger partial charge in [0.1, 0.15) is 0 Å². The Labute approximate surface area is 106 Å². The van der Waals surface area contributed by atoms with Crippen molar-refractivity contribution < 1.29 is 23.5 Å². The number of hydrogen-bond acceptors (Lipinski definition) is 5. The van der Waals surface area contributed by atoms with Crippen LogP contribution in [0.2, 0.25) is 0 Å². The van der Waals surface area contributed by atoms with E-state index in [0.717, 1.165) is 0 Å². The van der Waals surface area contributed by atoms with Crippen LogP contribution in [0.1, 0.15) is 6.92 Å². The third-order valence-corrected chi connectivity index (χ3v) is 3.84. The molecule has 0 amide bonds. The fourth-order valence-electron chi connectivity index (χ4n) is 1.11. The summed E-state index contributed by atoms with van der Waals surface area (Å²) in [5.41, 5.74) is 0.124. The van der Waals surface area contributed by atoms with Crippen molar-refractivity contribution in [2.24, 2.45) is 0 Å². The highest BCUT2D eigenvalue weighted by molar-refractivity contribution is 7.62. The lowest BCUT2D eigenvalue weighted by molar-refractivity contribution is -0.130. The third kappa shape index (κ3) is 3.81. The molecule has 1 aromatic carbocycles. The summed E-state index contributed by atoms with van der Waals surface area (Å²) in [6.45, 7) is 4.36. The highest BCUT2D eigenvalue weighted by Gasteiger charge is 2.31. The molecule has 0 saturated heterocycles. The van der Waals surface area contributed by atoms with Crippen molar-refractivity contribution in [2.45, 2.75) is 6.92 Å². The maximum atomic E-state index is 12.5. The monoisotopic (exact) mass is 270 g/mol. The van der Waals surface area contributed by atoms with Crippen LogP contribution < -0.4 is 5.30 Å². The lowest BCUT2D eigenvalue weighted by atomic mass is 10.4. The van der Waals surface area contributed by atoms with Crippen LogP contribution in [0.3, 0.4) is 0 Å². The van der Waals surface area contributed by atoms with E-state index in [9.17, 15) is 9.36 Å². The number of carbonyl (C=O) groups excluding carboxylic acids is 1. The number of hydrogen-bond donors (Lipinski definition) is 1. The van der Waals surface area contributed by atoms with Crippen molar-refractivity contribution >= 4 is 18.9 Å². The molecule has 0 heterocycles. The van der Waals surface area contributed by atoms with Crippen molar-refractivity contribution in [3.63, 3.8) is 0 Å². The molecule has 0 saturated carbocycles. The molecule has 98 valence electrons. The van der Waals surface area contributed by atoms with E-state index in [-0.39, 0.29) is 24.1 Å². The number of carbonyl (C=O) groups is 1. The van der Waals surface area contributed by atoms with Crippen molar-refractivity contribution in [2.75, 3.05) is 13.2 Å². The Morgan fingerprint density at radius 1 is 1.39 bits per heavy atom. The van der Waals surface area contributed by atoms with Crippen LogP contribution in [-0.2, 0) is 18.4 Å². The van der Waals surface area contributed by atoms with Gasteiger partial charge in [-0.25, -0.2) is 9.36 Å². The zero-order valence-corrected chi connectivity index (χ0v) is 10.9. The van der Waals surface area contributed by atoms with Crippen LogP contribution in [0.25, 0.3) is 0 Å². The van der Waals surface area contributed by atoms with Crippen molar-refractivity contribution in [1.82, 2.24) is 0 Å². The Morgan fingerprint density at radius 2 is 2.00 bits per heavy atom. The molecule has 0 radical (unpaired) electrons. The largest absolute Gasteiger partial charge is 0.413 e. The summed E-state index contributed by atoms with van der Waals surface area (Å²) in [5, 5.41) is 8.97. The molecular formula is C12H15O5P. The summed E-state index contributed by atoms with van der Waals surface area (Å²) in [6.07, 6.45) is 0. The van der Waals surface area contributed by atoms with Crippen LogP contribution in [0.5, 0.6) is 0 Å². The Morgan fingerprint density at radius 3 is 2.50 bits per heavy atom. The first-order valence-electron chi connectivity index (χ1n) is 5.30. The molecule has 0 aromatic heterocycles. The minimum atomic E-state index is -3.77. The fraction of sp³-hybridized carbons (Fsp3) is 0.250. The molecule has 1 aromatic rings. The summed E-state index contributed by atoms with van der Waals surface area (Å²) >= 11 is 0. The fourth-order valence-corrected chi connectivity index (χ4v) is 2.65. The van der Waals surface area contributed by atoms with Gasteiger partial charge in [-0.2, -0.15) is 0 Å². The van der Waals surface area contributed by atoms with Gasteiger partial charge < -0.3 is 9.63 Å². The van der Waals surface area contributed by atoms with Gasteiger partial charge in [-0.3, -0.25) is 4.52 Å². The molecule has 0 bridgehead atoms. The highest BCUT2D eigenvalue weighted by atomic mass is 31.2. The van der Waals surface area contributed by atoms with Crippen LogP contribution in [0.4, 0.5) is 0 Å². The maximum Gasteiger partial charge on any atom is 0.413 e. The molecule has 1 atom stereocenters. The van der Waals surface area contributed by atoms with E-state index < -0.39 is 13.6 Å². The normalized spacial score (nSPS) is 13.7. The van der Waals surface area contributed by atoms with E-state index in [2.05, 4.69) is 6.58 Å². The van der Waals surface area contributed by atoms with Gasteiger partial charge in [-0.05, 0) is 19.1 Å². The SMILES string of the molecule is C=C(C)C(=O)OP(=O)(OCCO)c1ccccc1. The van der Waals surface area contributed by atoms with E-state index in [1.807, 2.05) is 0 Å². The smallest absolute Gasteiger partial charge is 0.394 e. The Balaban J connectivity index is 2.99. The average molecular weight is 270 g/mol. The third-order valence-electron chi connectivity index (χ3n) is 1.98. The van der Waals surface area contributed by atoms with E-state index in [4.69, 9.17) is 14.2 Å². The second-order valence-electron chi connectivity index (χ2n) is 3.55. The first kappa shape index (κ1) is 14.6. The second-order valence-corrected chi connectivity index (χ2v) is 5.50. The minimum absolute atomic E-state index is 0.124. The number of rotatable bonds is 6. The molecule has 0 aliphatic carbocycles. The van der Waals surface area contributed by atoms with Gasteiger partial charge in [0, 0.05) is 5.57 Å². The van der Waals surface area contributed by atoms with Gasteiger partial charge in [0.05, 0.1) is 18.5 Å². The summed E-state index contributed by atoms with van der Waals surface area (Å²) in [4.78, 5) is 11.5. The van der Waals surface area contributed by atoms with Crippen molar-refractivity contribution in [3.8, 4) is 0 Å². The number of benzene rings is 1. The quantitative estimate of drug-likeness (QED) is 0.628. The molecule has 5 nitrogen and oxygen atoms in total. The Kier molecular flexibility index (Phi) is 5.28. The van der Waals surface area contributed by atoms with Crippen LogP contribution in [0, 0.1) is 0 Å². The molecule has 0 aliphatic heterocycles. The molecule has 0 fully saturated rings. The predicted molar refractivity (Wildman–Crippen MR) is 67.6 cm³/mol. The van der Waals surface area contributed by atoms with E-state index >= 15 is 0 Å². The zero-order valence-electron chi connectivity index (χ0n) is 10.0. The van der Waals surface area contributed by atoms with Gasteiger partial charge >= 0.3 is 13.6 Å². The number of aliphatic hydroxyl groups is 1. The van der Waals surface area contributed by atoms with E-state index in [1.54, 1.807) is 18.2 Å². The summed E-state index contributed by atoms with van der Waals surface area (Å²) in [7, 11) is -3.77. The Bertz CT molecular complexity index is 469. The zero-order chi connectivity index (χ0) is 13.6. The van der Waals surface area contributed by atoms with Gasteiger partial charge in [-0.15, -0.1) is 0 Å². The van der Waals surface area contributed by atoms with Crippen molar-refractivity contribution in [3.05, 3.63) is 42.5 Å². The average Bonchev–Trinajstić information content (AvgIpc) is 2.37. The molecule has 1 unspecified atom stereocenters. The molecular weight excluding hydrogens is 255 g/mol. The van der Waals surface area contributed by atoms with Gasteiger partial charge in [-0.1, -0.05) is 24.8 Å². The Hall–Kier alpha value is -1.42. The first-order chi connectivity index (χ1) is 8.49. The molecule has 0 spiro atoms. The minimum Gasteiger partial charge on any atom is -0.394 e. The topological polar surface area (TPSA) is 72.8 Å². The molecule has 1 N–H and O–H groups in total. The molecule has 1 rings (SSSR count). The summed E-state index contributed by atoms with van der Waals surface area (Å²) in [5.74, 6) is -0.792. The first-order valence-corrected chi connectivity index (χ1v) is 6.84. The molecule has 18 heavy (non-hydrogen) atoms. The predicted octanol–water partition coefficient (Wildman–Crippen LogP) is 1.63. The summed E-state index contributed by atoms with van der Waals surface area (Å²) < 4.78 is 22.3. The van der Waals surface area contributed by atoms with Crippen LogP contribution >= 0.6 is 7.60 Å². The van der Waals surface area contributed by atoms with Gasteiger partial charge in [0.25, 0.3) is 0 Å². The summed E-state index contributed by atoms with van der Waals surface area (Å²) in [6, 6.07) is 8.10. The van der Waals surface area contributed by atoms with E-state index in [0.29, 0.717) is 0 Å². The standard InChI is InChI=1S/C12H15O5P/c1-10(2)12(14)17-18(15,16-9-8-13)11-6-4-3-5-7-11/h3-7,13H,1,8-9H2,2H3. The second kappa shape index (κ2) is 6.50. The highest BCUT2D eigenvalue weighted by Crippen LogP contribution is 2.47. The molecule has 0 aliphatic rings. The van der Waals surface area contributed by atoms with Crippen LogP contribution in [0.15, 0.2) is 42.5 Å². The maximum absolute atomic E-state index is 12.5. The van der Waals surface area contributed by atoms with Crippen molar-refractivity contribution in [1.29, 1.82) is 0 Å².